The number of benzene rings is 2. The van der Waals surface area contributed by atoms with E-state index in [9.17, 15) is 29.1 Å². The number of carboxylic acids is 1. The fourth-order valence-corrected chi connectivity index (χ4v) is 7.73. The molecule has 2 fully saturated rings. The molecule has 1 aliphatic carbocycles. The van der Waals surface area contributed by atoms with Gasteiger partial charge in [0.25, 0.3) is 5.91 Å². The summed E-state index contributed by atoms with van der Waals surface area (Å²) in [5.74, 6) is -1.79. The van der Waals surface area contributed by atoms with Gasteiger partial charge in [-0.3, -0.25) is 19.2 Å². The van der Waals surface area contributed by atoms with E-state index in [1.807, 2.05) is 42.7 Å². The van der Waals surface area contributed by atoms with E-state index in [1.54, 1.807) is 29.2 Å². The van der Waals surface area contributed by atoms with Gasteiger partial charge < -0.3 is 25.4 Å². The average molecular weight is 642 g/mol. The first-order valence-electron chi connectivity index (χ1n) is 14.8. The second kappa shape index (κ2) is 16.0. The van der Waals surface area contributed by atoms with Crippen molar-refractivity contribution in [2.45, 2.75) is 62.1 Å². The molecule has 12 heteroatoms. The standard InChI is InChI=1S/C32H39N3O7S2/c1-43-19-15-25(31(40)41)34-29(38)26-21-44-32(35(26)30(39)24-10-6-3-7-11-24)16-12-23(13-17-32)28(37)33-18-14-27(36)42-20-22-8-4-2-5-9-22/h2-11,23,25-26H,12-21H2,1H3,(H,33,37)(H,34,38)(H,40,41)/t23?,25-,26-,32?/m0/s1. The van der Waals surface area contributed by atoms with Crippen molar-refractivity contribution in [1.29, 1.82) is 0 Å². The number of carbonyl (C=O) groups excluding carboxylic acids is 4. The summed E-state index contributed by atoms with van der Waals surface area (Å²) in [5, 5.41) is 15.2. The smallest absolute Gasteiger partial charge is 0.326 e. The van der Waals surface area contributed by atoms with Gasteiger partial charge in [-0.2, -0.15) is 11.8 Å². The normalized spacial score (nSPS) is 21.8. The van der Waals surface area contributed by atoms with Crippen molar-refractivity contribution in [1.82, 2.24) is 15.5 Å². The van der Waals surface area contributed by atoms with E-state index in [2.05, 4.69) is 10.6 Å². The minimum absolute atomic E-state index is 0.0650. The summed E-state index contributed by atoms with van der Waals surface area (Å²) in [5.41, 5.74) is 1.34. The van der Waals surface area contributed by atoms with Gasteiger partial charge in [-0.15, -0.1) is 11.8 Å². The van der Waals surface area contributed by atoms with Crippen LogP contribution in [0.5, 0.6) is 0 Å². The van der Waals surface area contributed by atoms with Crippen molar-refractivity contribution in [3.63, 3.8) is 0 Å². The number of nitrogens with one attached hydrogen (secondary N) is 2. The summed E-state index contributed by atoms with van der Waals surface area (Å²) in [6, 6.07) is 16.2. The lowest BCUT2D eigenvalue weighted by atomic mass is 9.83. The van der Waals surface area contributed by atoms with Gasteiger partial charge in [0, 0.05) is 23.8 Å². The summed E-state index contributed by atoms with van der Waals surface area (Å²) < 4.78 is 5.28. The Kier molecular flexibility index (Phi) is 12.1. The van der Waals surface area contributed by atoms with Crippen LogP contribution in [0.4, 0.5) is 0 Å². The van der Waals surface area contributed by atoms with Crippen LogP contribution < -0.4 is 10.6 Å². The van der Waals surface area contributed by atoms with E-state index < -0.39 is 34.8 Å². The topological polar surface area (TPSA) is 142 Å². The van der Waals surface area contributed by atoms with Gasteiger partial charge in [0.1, 0.15) is 18.7 Å². The number of rotatable bonds is 13. The summed E-state index contributed by atoms with van der Waals surface area (Å²) in [7, 11) is 0. The fraction of sp³-hybridized carbons (Fsp3) is 0.469. The molecule has 3 N–H and O–H groups in total. The first-order valence-corrected chi connectivity index (χ1v) is 17.1. The molecule has 236 valence electrons. The van der Waals surface area contributed by atoms with Crippen LogP contribution in [-0.2, 0) is 30.5 Å². The maximum atomic E-state index is 13.9. The number of nitrogens with zero attached hydrogens (tertiary/aromatic N) is 1. The molecule has 3 amide bonds. The first-order chi connectivity index (χ1) is 21.2. The highest BCUT2D eigenvalue weighted by atomic mass is 32.2. The van der Waals surface area contributed by atoms with Crippen LogP contribution >= 0.6 is 23.5 Å². The third-order valence-corrected chi connectivity index (χ3v) is 10.3. The molecule has 2 atom stereocenters. The Labute approximate surface area is 266 Å². The Morgan fingerprint density at radius 1 is 1.02 bits per heavy atom. The van der Waals surface area contributed by atoms with E-state index in [-0.39, 0.29) is 43.7 Å². The predicted molar refractivity (Wildman–Crippen MR) is 170 cm³/mol. The summed E-state index contributed by atoms with van der Waals surface area (Å²) >= 11 is 3.02. The quantitative estimate of drug-likeness (QED) is 0.279. The number of thioether (sulfide) groups is 2. The zero-order valence-corrected chi connectivity index (χ0v) is 26.4. The van der Waals surface area contributed by atoms with Gasteiger partial charge in [0.2, 0.25) is 11.8 Å². The Morgan fingerprint density at radius 2 is 1.68 bits per heavy atom. The average Bonchev–Trinajstić information content (AvgIpc) is 3.40. The second-order valence-corrected chi connectivity index (χ2v) is 13.3. The monoisotopic (exact) mass is 641 g/mol. The molecular formula is C32H39N3O7S2. The lowest BCUT2D eigenvalue weighted by molar-refractivity contribution is -0.145. The predicted octanol–water partition coefficient (Wildman–Crippen LogP) is 3.70. The first kappa shape index (κ1) is 33.4. The zero-order valence-electron chi connectivity index (χ0n) is 24.7. The number of carbonyl (C=O) groups is 5. The van der Waals surface area contributed by atoms with E-state index >= 15 is 0 Å². The number of hydrogen-bond acceptors (Lipinski definition) is 8. The summed E-state index contributed by atoms with van der Waals surface area (Å²) in [4.78, 5) is 65.2. The molecule has 1 spiro atoms. The van der Waals surface area contributed by atoms with Crippen molar-refractivity contribution in [2.24, 2.45) is 5.92 Å². The number of aliphatic carboxylic acids is 1. The van der Waals surface area contributed by atoms with Crippen LogP contribution in [-0.4, -0.2) is 80.9 Å². The molecule has 0 bridgehead atoms. The largest absolute Gasteiger partial charge is 0.480 e. The van der Waals surface area contributed by atoms with Gasteiger partial charge in [-0.1, -0.05) is 48.5 Å². The summed E-state index contributed by atoms with van der Waals surface area (Å²) in [6.07, 6.45) is 4.25. The number of carboxylic acid groups (broad SMARTS) is 1. The van der Waals surface area contributed by atoms with Crippen LogP contribution in [0.25, 0.3) is 0 Å². The molecule has 0 unspecified atom stereocenters. The van der Waals surface area contributed by atoms with Crippen LogP contribution in [0, 0.1) is 5.92 Å². The van der Waals surface area contributed by atoms with Gasteiger partial charge in [0.15, 0.2) is 0 Å². The molecule has 0 radical (unpaired) electrons. The van der Waals surface area contributed by atoms with Gasteiger partial charge in [-0.25, -0.2) is 4.79 Å². The van der Waals surface area contributed by atoms with Crippen molar-refractivity contribution in [2.75, 3.05) is 24.3 Å². The van der Waals surface area contributed by atoms with Crippen LogP contribution in [0.2, 0.25) is 0 Å². The van der Waals surface area contributed by atoms with Gasteiger partial charge >= 0.3 is 11.9 Å². The Bertz CT molecular complexity index is 1300. The van der Waals surface area contributed by atoms with E-state index in [4.69, 9.17) is 4.74 Å². The minimum Gasteiger partial charge on any atom is -0.480 e. The molecule has 2 aromatic rings. The molecule has 1 aliphatic heterocycles. The maximum Gasteiger partial charge on any atom is 0.326 e. The van der Waals surface area contributed by atoms with Crippen LogP contribution in [0.1, 0.15) is 54.4 Å². The maximum absolute atomic E-state index is 13.9. The number of esters is 1. The summed E-state index contributed by atoms with van der Waals surface area (Å²) in [6.45, 7) is 0.354. The highest BCUT2D eigenvalue weighted by Gasteiger charge is 2.54. The number of amides is 3. The van der Waals surface area contributed by atoms with Crippen molar-refractivity contribution >= 4 is 53.2 Å². The molecule has 44 heavy (non-hydrogen) atoms. The molecule has 4 rings (SSSR count). The highest BCUT2D eigenvalue weighted by molar-refractivity contribution is 8.01. The lowest BCUT2D eigenvalue weighted by Gasteiger charge is -2.44. The Hall–Kier alpha value is -3.51. The molecule has 2 aromatic carbocycles. The Balaban J connectivity index is 1.36. The van der Waals surface area contributed by atoms with Crippen molar-refractivity contribution in [3.8, 4) is 0 Å². The molecule has 0 aromatic heterocycles. The SMILES string of the molecule is CSCC[C@H](NC(=O)[C@@H]1CSC2(CCC(C(=O)NCCC(=O)OCc3ccccc3)CC2)N1C(=O)c1ccccc1)C(=O)O. The van der Waals surface area contributed by atoms with Crippen molar-refractivity contribution < 1.29 is 33.8 Å². The third kappa shape index (κ3) is 8.56. The molecule has 1 heterocycles. The number of hydrogen-bond donors (Lipinski definition) is 3. The van der Waals surface area contributed by atoms with Gasteiger partial charge in [-0.05, 0) is 61.8 Å². The van der Waals surface area contributed by atoms with E-state index in [0.717, 1.165) is 5.56 Å². The molecule has 2 aliphatic rings. The molecular weight excluding hydrogens is 603 g/mol. The van der Waals surface area contributed by atoms with E-state index in [0.29, 0.717) is 42.8 Å². The van der Waals surface area contributed by atoms with Crippen LogP contribution in [0.3, 0.4) is 0 Å². The Morgan fingerprint density at radius 3 is 2.32 bits per heavy atom. The van der Waals surface area contributed by atoms with E-state index in [1.165, 1.54) is 23.5 Å². The van der Waals surface area contributed by atoms with Crippen molar-refractivity contribution in [3.05, 3.63) is 71.8 Å². The van der Waals surface area contributed by atoms with Crippen LogP contribution in [0.15, 0.2) is 60.7 Å². The highest BCUT2D eigenvalue weighted by Crippen LogP contribution is 2.50. The third-order valence-electron chi connectivity index (χ3n) is 8.04. The zero-order chi connectivity index (χ0) is 31.5. The minimum atomic E-state index is -1.11. The molecule has 1 saturated heterocycles. The second-order valence-electron chi connectivity index (χ2n) is 11.0. The fourth-order valence-electron chi connectivity index (χ4n) is 5.62. The lowest BCUT2D eigenvalue weighted by Crippen LogP contribution is -2.58. The molecule has 10 nitrogen and oxygen atoms in total. The van der Waals surface area contributed by atoms with Gasteiger partial charge in [0.05, 0.1) is 11.3 Å². The molecule has 1 saturated carbocycles. The number of ether oxygens (including phenoxy) is 1.